The van der Waals surface area contributed by atoms with E-state index in [0.29, 0.717) is 11.7 Å². The summed E-state index contributed by atoms with van der Waals surface area (Å²) in [6, 6.07) is 0. The molecule has 3 saturated carbocycles. The lowest BCUT2D eigenvalue weighted by atomic mass is 9.86. The molecule has 0 aromatic rings. The molecule has 3 aliphatic rings. The first kappa shape index (κ1) is 12.7. The van der Waals surface area contributed by atoms with Crippen molar-refractivity contribution in [2.45, 2.75) is 51.4 Å². The van der Waals surface area contributed by atoms with Crippen LogP contribution in [0.15, 0.2) is 0 Å². The Bertz CT molecular complexity index is 314. The maximum Gasteiger partial charge on any atom is 0.137 e. The molecule has 102 valence electrons. The van der Waals surface area contributed by atoms with Crippen molar-refractivity contribution in [1.82, 2.24) is 4.90 Å². The van der Waals surface area contributed by atoms with Crippen LogP contribution in [0, 0.1) is 23.7 Å². The Hall–Kier alpha value is -0.370. The lowest BCUT2D eigenvalue weighted by molar-refractivity contribution is -0.125. The third kappa shape index (κ3) is 2.64. The summed E-state index contributed by atoms with van der Waals surface area (Å²) in [6.07, 6.45) is 10.3. The van der Waals surface area contributed by atoms with Gasteiger partial charge in [0.05, 0.1) is 0 Å². The molecule has 2 nitrogen and oxygen atoms in total. The van der Waals surface area contributed by atoms with Crippen molar-refractivity contribution < 1.29 is 4.79 Å². The maximum absolute atomic E-state index is 11.9. The lowest BCUT2D eigenvalue weighted by Gasteiger charge is -2.30. The third-order valence-electron chi connectivity index (χ3n) is 5.64. The summed E-state index contributed by atoms with van der Waals surface area (Å²) in [6.45, 7) is 2.26. The van der Waals surface area contributed by atoms with Crippen molar-refractivity contribution in [2.75, 3.05) is 20.1 Å². The first-order valence-electron chi connectivity index (χ1n) is 7.93. The molecule has 3 fully saturated rings. The average Bonchev–Trinajstić information content (AvgIpc) is 2.94. The fourth-order valence-corrected chi connectivity index (χ4v) is 4.70. The van der Waals surface area contributed by atoms with E-state index in [2.05, 4.69) is 11.9 Å². The van der Waals surface area contributed by atoms with Crippen molar-refractivity contribution >= 4 is 5.78 Å². The maximum atomic E-state index is 11.9. The summed E-state index contributed by atoms with van der Waals surface area (Å²) in [5.41, 5.74) is 0. The van der Waals surface area contributed by atoms with Crippen molar-refractivity contribution in [2.24, 2.45) is 23.7 Å². The average molecular weight is 249 g/mol. The Balaban J connectivity index is 1.46. The van der Waals surface area contributed by atoms with E-state index >= 15 is 0 Å². The monoisotopic (exact) mass is 249 g/mol. The van der Waals surface area contributed by atoms with Crippen LogP contribution in [0.1, 0.15) is 51.4 Å². The molecular formula is C16H27NO. The standard InChI is InChI=1S/C16H27NO/c1-17(10-14-4-2-3-5-16(14)18)11-15-9-12-6-7-13(15)8-12/h12-15H,2-11H2,1H3. The van der Waals surface area contributed by atoms with E-state index in [-0.39, 0.29) is 0 Å². The van der Waals surface area contributed by atoms with E-state index in [1.165, 1.54) is 38.6 Å². The molecule has 0 amide bonds. The molecule has 0 aromatic heterocycles. The van der Waals surface area contributed by atoms with Gasteiger partial charge < -0.3 is 4.90 Å². The molecule has 0 aromatic carbocycles. The van der Waals surface area contributed by atoms with Crippen LogP contribution in [0.2, 0.25) is 0 Å². The Morgan fingerprint density at radius 3 is 2.67 bits per heavy atom. The second-order valence-corrected chi connectivity index (χ2v) is 7.07. The van der Waals surface area contributed by atoms with Gasteiger partial charge in [0.1, 0.15) is 5.78 Å². The van der Waals surface area contributed by atoms with Crippen LogP contribution in [0.25, 0.3) is 0 Å². The summed E-state index contributed by atoms with van der Waals surface area (Å²) in [4.78, 5) is 14.3. The predicted octanol–water partition coefficient (Wildman–Crippen LogP) is 3.11. The van der Waals surface area contributed by atoms with Gasteiger partial charge in [-0.05, 0) is 56.9 Å². The molecule has 0 aliphatic heterocycles. The topological polar surface area (TPSA) is 20.3 Å². The minimum Gasteiger partial charge on any atom is -0.305 e. The highest BCUT2D eigenvalue weighted by atomic mass is 16.1. The van der Waals surface area contributed by atoms with Crippen molar-refractivity contribution in [1.29, 1.82) is 0 Å². The second-order valence-electron chi connectivity index (χ2n) is 7.07. The highest BCUT2D eigenvalue weighted by Crippen LogP contribution is 2.48. The van der Waals surface area contributed by atoms with E-state index in [1.54, 1.807) is 0 Å². The molecule has 0 spiro atoms. The number of Topliss-reactive ketones (excluding diaryl/α,β-unsaturated/α-hetero) is 1. The van der Waals surface area contributed by atoms with Gasteiger partial charge >= 0.3 is 0 Å². The van der Waals surface area contributed by atoms with Gasteiger partial charge in [0.2, 0.25) is 0 Å². The fraction of sp³-hybridized carbons (Fsp3) is 0.938. The highest BCUT2D eigenvalue weighted by molar-refractivity contribution is 5.81. The summed E-state index contributed by atoms with van der Waals surface area (Å²) in [7, 11) is 2.23. The van der Waals surface area contributed by atoms with Gasteiger partial charge in [-0.2, -0.15) is 0 Å². The van der Waals surface area contributed by atoms with Crippen LogP contribution in [0.3, 0.4) is 0 Å². The van der Waals surface area contributed by atoms with Crippen LogP contribution in [-0.2, 0) is 4.79 Å². The molecule has 4 unspecified atom stereocenters. The lowest BCUT2D eigenvalue weighted by Crippen LogP contribution is -2.36. The Morgan fingerprint density at radius 1 is 1.11 bits per heavy atom. The van der Waals surface area contributed by atoms with Gasteiger partial charge in [-0.1, -0.05) is 12.8 Å². The fourth-order valence-electron chi connectivity index (χ4n) is 4.70. The molecule has 0 heterocycles. The van der Waals surface area contributed by atoms with Crippen LogP contribution >= 0.6 is 0 Å². The van der Waals surface area contributed by atoms with Gasteiger partial charge in [0, 0.05) is 25.4 Å². The number of nitrogens with zero attached hydrogens (tertiary/aromatic N) is 1. The number of fused-ring (bicyclic) bond motifs is 2. The molecule has 0 N–H and O–H groups in total. The van der Waals surface area contributed by atoms with E-state index in [0.717, 1.165) is 43.6 Å². The molecule has 2 heteroatoms. The summed E-state index contributed by atoms with van der Waals surface area (Å²) in [5.74, 6) is 3.88. The number of carbonyl (C=O) groups is 1. The predicted molar refractivity (Wildman–Crippen MR) is 73.4 cm³/mol. The van der Waals surface area contributed by atoms with E-state index in [4.69, 9.17) is 0 Å². The molecule has 3 aliphatic carbocycles. The number of hydrogen-bond donors (Lipinski definition) is 0. The van der Waals surface area contributed by atoms with Gasteiger partial charge in [0.15, 0.2) is 0 Å². The quantitative estimate of drug-likeness (QED) is 0.763. The largest absolute Gasteiger partial charge is 0.305 e. The molecule has 0 saturated heterocycles. The van der Waals surface area contributed by atoms with E-state index in [1.807, 2.05) is 0 Å². The number of rotatable bonds is 4. The first-order chi connectivity index (χ1) is 8.72. The normalized spacial score (nSPS) is 39.8. The molecule has 0 radical (unpaired) electrons. The van der Waals surface area contributed by atoms with Crippen molar-refractivity contribution in [3.05, 3.63) is 0 Å². The Kier molecular flexibility index (Phi) is 3.74. The first-order valence-corrected chi connectivity index (χ1v) is 7.93. The Morgan fingerprint density at radius 2 is 2.00 bits per heavy atom. The minimum absolute atomic E-state index is 0.349. The summed E-state index contributed by atoms with van der Waals surface area (Å²) >= 11 is 0. The second kappa shape index (κ2) is 5.32. The molecule has 3 rings (SSSR count). The van der Waals surface area contributed by atoms with E-state index in [9.17, 15) is 4.79 Å². The third-order valence-corrected chi connectivity index (χ3v) is 5.64. The van der Waals surface area contributed by atoms with Crippen molar-refractivity contribution in [3.8, 4) is 0 Å². The summed E-state index contributed by atoms with van der Waals surface area (Å²) < 4.78 is 0. The molecule has 18 heavy (non-hydrogen) atoms. The number of hydrogen-bond acceptors (Lipinski definition) is 2. The van der Waals surface area contributed by atoms with Crippen LogP contribution in [0.5, 0.6) is 0 Å². The van der Waals surface area contributed by atoms with Crippen LogP contribution in [-0.4, -0.2) is 30.8 Å². The van der Waals surface area contributed by atoms with E-state index < -0.39 is 0 Å². The van der Waals surface area contributed by atoms with Gasteiger partial charge in [-0.3, -0.25) is 4.79 Å². The minimum atomic E-state index is 0.349. The SMILES string of the molecule is CN(CC1CCCCC1=O)CC1CC2CCC1C2. The van der Waals surface area contributed by atoms with Gasteiger partial charge in [-0.15, -0.1) is 0 Å². The molecule has 2 bridgehead atoms. The Labute approximate surface area is 111 Å². The van der Waals surface area contributed by atoms with Gasteiger partial charge in [0.25, 0.3) is 0 Å². The zero-order valence-corrected chi connectivity index (χ0v) is 11.7. The number of carbonyl (C=O) groups excluding carboxylic acids is 1. The van der Waals surface area contributed by atoms with Crippen LogP contribution < -0.4 is 0 Å². The highest BCUT2D eigenvalue weighted by Gasteiger charge is 2.39. The summed E-state index contributed by atoms with van der Waals surface area (Å²) in [5, 5.41) is 0. The van der Waals surface area contributed by atoms with Crippen molar-refractivity contribution in [3.63, 3.8) is 0 Å². The van der Waals surface area contributed by atoms with Gasteiger partial charge in [-0.25, -0.2) is 0 Å². The smallest absolute Gasteiger partial charge is 0.137 e. The zero-order valence-electron chi connectivity index (χ0n) is 11.7. The molecule has 4 atom stereocenters. The zero-order chi connectivity index (χ0) is 12.5. The molecular weight excluding hydrogens is 222 g/mol. The number of ketones is 1. The van der Waals surface area contributed by atoms with Crippen LogP contribution in [0.4, 0.5) is 0 Å².